The highest BCUT2D eigenvalue weighted by molar-refractivity contribution is 5.28. The molecule has 0 aliphatic heterocycles. The summed E-state index contributed by atoms with van der Waals surface area (Å²) < 4.78 is 0. The van der Waals surface area contributed by atoms with E-state index in [0.29, 0.717) is 10.8 Å². The monoisotopic (exact) mass is 186 g/mol. The van der Waals surface area contributed by atoms with E-state index in [4.69, 9.17) is 0 Å². The zero-order chi connectivity index (χ0) is 9.39. The SMILES string of the molecule is CC12C=CC(C1)C1(CC3C=CC1C3)C2. The summed E-state index contributed by atoms with van der Waals surface area (Å²) in [6.07, 6.45) is 16.0. The summed E-state index contributed by atoms with van der Waals surface area (Å²) in [5, 5.41) is 0. The minimum Gasteiger partial charge on any atom is -0.0851 e. The van der Waals surface area contributed by atoms with Gasteiger partial charge in [0.1, 0.15) is 0 Å². The van der Waals surface area contributed by atoms with E-state index < -0.39 is 0 Å². The van der Waals surface area contributed by atoms with E-state index in [1.54, 1.807) is 0 Å². The van der Waals surface area contributed by atoms with Crippen molar-refractivity contribution >= 4 is 0 Å². The van der Waals surface area contributed by atoms with Crippen LogP contribution in [-0.2, 0) is 0 Å². The molecule has 0 aromatic carbocycles. The first-order valence-electron chi connectivity index (χ1n) is 6.08. The van der Waals surface area contributed by atoms with Gasteiger partial charge in [0.2, 0.25) is 0 Å². The third-order valence-corrected chi connectivity index (χ3v) is 5.44. The summed E-state index contributed by atoms with van der Waals surface area (Å²) in [5.74, 6) is 2.80. The van der Waals surface area contributed by atoms with Crippen LogP contribution in [0.4, 0.5) is 0 Å². The van der Waals surface area contributed by atoms with Crippen molar-refractivity contribution in [1.29, 1.82) is 0 Å². The summed E-state index contributed by atoms with van der Waals surface area (Å²) in [6.45, 7) is 2.47. The van der Waals surface area contributed by atoms with Gasteiger partial charge in [0.25, 0.3) is 0 Å². The lowest BCUT2D eigenvalue weighted by Gasteiger charge is -2.39. The van der Waals surface area contributed by atoms with Crippen LogP contribution in [0, 0.1) is 28.6 Å². The molecule has 14 heavy (non-hydrogen) atoms. The molecule has 0 aromatic heterocycles. The van der Waals surface area contributed by atoms with Crippen molar-refractivity contribution in [2.24, 2.45) is 28.6 Å². The van der Waals surface area contributed by atoms with E-state index in [-0.39, 0.29) is 0 Å². The first-order chi connectivity index (χ1) is 6.70. The molecule has 2 saturated carbocycles. The van der Waals surface area contributed by atoms with Crippen molar-refractivity contribution in [3.05, 3.63) is 24.3 Å². The number of rotatable bonds is 0. The van der Waals surface area contributed by atoms with Gasteiger partial charge < -0.3 is 0 Å². The van der Waals surface area contributed by atoms with E-state index >= 15 is 0 Å². The Morgan fingerprint density at radius 3 is 2.50 bits per heavy atom. The van der Waals surface area contributed by atoms with Crippen LogP contribution < -0.4 is 0 Å². The number of allylic oxidation sites excluding steroid dienone is 4. The maximum atomic E-state index is 2.54. The molecule has 1 spiro atoms. The third kappa shape index (κ3) is 0.699. The highest BCUT2D eigenvalue weighted by atomic mass is 14.6. The summed E-state index contributed by atoms with van der Waals surface area (Å²) in [5.41, 5.74) is 1.28. The maximum Gasteiger partial charge on any atom is -0.0135 e. The predicted molar refractivity (Wildman–Crippen MR) is 57.8 cm³/mol. The van der Waals surface area contributed by atoms with Crippen LogP contribution in [0.1, 0.15) is 32.6 Å². The molecular weight excluding hydrogens is 168 g/mol. The lowest BCUT2D eigenvalue weighted by Crippen LogP contribution is -2.31. The van der Waals surface area contributed by atoms with Gasteiger partial charge in [-0.2, -0.15) is 0 Å². The van der Waals surface area contributed by atoms with E-state index in [2.05, 4.69) is 31.2 Å². The van der Waals surface area contributed by atoms with Crippen molar-refractivity contribution in [1.82, 2.24) is 0 Å². The van der Waals surface area contributed by atoms with Crippen LogP contribution in [-0.4, -0.2) is 0 Å². The molecule has 0 aromatic rings. The van der Waals surface area contributed by atoms with Gasteiger partial charge in [0, 0.05) is 0 Å². The Morgan fingerprint density at radius 2 is 2.00 bits per heavy atom. The molecule has 2 fully saturated rings. The van der Waals surface area contributed by atoms with Crippen molar-refractivity contribution in [3.63, 3.8) is 0 Å². The van der Waals surface area contributed by atoms with Crippen molar-refractivity contribution in [2.75, 3.05) is 0 Å². The average molecular weight is 186 g/mol. The average Bonchev–Trinajstić information content (AvgIpc) is 2.81. The Labute approximate surface area is 86.1 Å². The van der Waals surface area contributed by atoms with E-state index in [1.165, 1.54) is 25.7 Å². The fraction of sp³-hybridized carbons (Fsp3) is 0.714. The largest absolute Gasteiger partial charge is 0.0851 e. The fourth-order valence-electron chi connectivity index (χ4n) is 5.02. The molecule has 0 radical (unpaired) electrons. The molecule has 74 valence electrons. The molecular formula is C14H18. The molecule has 4 rings (SSSR count). The van der Waals surface area contributed by atoms with Gasteiger partial charge in [0.05, 0.1) is 0 Å². The minimum atomic E-state index is 0.572. The molecule has 0 N–H and O–H groups in total. The first kappa shape index (κ1) is 7.73. The first-order valence-corrected chi connectivity index (χ1v) is 6.08. The van der Waals surface area contributed by atoms with Gasteiger partial charge in [-0.1, -0.05) is 31.2 Å². The van der Waals surface area contributed by atoms with Crippen molar-refractivity contribution < 1.29 is 0 Å². The van der Waals surface area contributed by atoms with E-state index in [1.807, 2.05) is 0 Å². The van der Waals surface area contributed by atoms with Crippen LogP contribution in [0.2, 0.25) is 0 Å². The zero-order valence-corrected chi connectivity index (χ0v) is 8.87. The summed E-state index contributed by atoms with van der Waals surface area (Å²) in [6, 6.07) is 0. The second-order valence-corrected chi connectivity index (χ2v) is 6.43. The van der Waals surface area contributed by atoms with Crippen LogP contribution in [0.3, 0.4) is 0 Å². The van der Waals surface area contributed by atoms with Crippen LogP contribution in [0.25, 0.3) is 0 Å². The van der Waals surface area contributed by atoms with Gasteiger partial charge in [-0.3, -0.25) is 0 Å². The summed E-state index contributed by atoms with van der Waals surface area (Å²) in [7, 11) is 0. The quantitative estimate of drug-likeness (QED) is 0.507. The van der Waals surface area contributed by atoms with Gasteiger partial charge in [0.15, 0.2) is 0 Å². The van der Waals surface area contributed by atoms with Gasteiger partial charge >= 0.3 is 0 Å². The molecule has 5 unspecified atom stereocenters. The molecule has 0 amide bonds. The molecule has 4 aliphatic rings. The molecule has 0 heterocycles. The Balaban J connectivity index is 1.81. The lowest BCUT2D eigenvalue weighted by molar-refractivity contribution is 0.168. The van der Waals surface area contributed by atoms with E-state index in [0.717, 1.165) is 17.8 Å². The molecule has 5 atom stereocenters. The molecule has 0 saturated heterocycles. The van der Waals surface area contributed by atoms with Crippen molar-refractivity contribution in [3.8, 4) is 0 Å². The Kier molecular flexibility index (Phi) is 1.12. The minimum absolute atomic E-state index is 0.572. The highest BCUT2D eigenvalue weighted by Gasteiger charge is 2.60. The maximum absolute atomic E-state index is 2.54. The second-order valence-electron chi connectivity index (χ2n) is 6.43. The van der Waals surface area contributed by atoms with Crippen molar-refractivity contribution in [2.45, 2.75) is 32.6 Å². The Bertz CT molecular complexity index is 351. The zero-order valence-electron chi connectivity index (χ0n) is 8.87. The standard InChI is InChI=1S/C14H18/c1-13-5-4-12(8-13)14(9-13)7-10-2-3-11(14)6-10/h2-5,10-12H,6-9H2,1H3. The van der Waals surface area contributed by atoms with Gasteiger partial charge in [-0.25, -0.2) is 0 Å². The third-order valence-electron chi connectivity index (χ3n) is 5.44. The Morgan fingerprint density at radius 1 is 1.07 bits per heavy atom. The normalized spacial score (nSPS) is 62.2. The topological polar surface area (TPSA) is 0 Å². The summed E-state index contributed by atoms with van der Waals surface area (Å²) in [4.78, 5) is 0. The molecule has 0 nitrogen and oxygen atoms in total. The molecule has 4 aliphatic carbocycles. The summed E-state index contributed by atoms with van der Waals surface area (Å²) >= 11 is 0. The van der Waals surface area contributed by atoms with Gasteiger partial charge in [-0.05, 0) is 54.3 Å². The van der Waals surface area contributed by atoms with Crippen LogP contribution >= 0.6 is 0 Å². The molecule has 0 heteroatoms. The smallest absolute Gasteiger partial charge is 0.0135 e. The number of hydrogen-bond acceptors (Lipinski definition) is 0. The highest BCUT2D eigenvalue weighted by Crippen LogP contribution is 2.69. The second kappa shape index (κ2) is 2.03. The number of hydrogen-bond donors (Lipinski definition) is 0. The molecule has 4 bridgehead atoms. The van der Waals surface area contributed by atoms with Crippen LogP contribution in [0.15, 0.2) is 24.3 Å². The predicted octanol–water partition coefficient (Wildman–Crippen LogP) is 3.55. The number of fused-ring (bicyclic) bond motifs is 6. The Hall–Kier alpha value is -0.520. The lowest BCUT2D eigenvalue weighted by atomic mass is 9.65. The van der Waals surface area contributed by atoms with Crippen LogP contribution in [0.5, 0.6) is 0 Å². The van der Waals surface area contributed by atoms with Gasteiger partial charge in [-0.15, -0.1) is 0 Å². The fourth-order valence-corrected chi connectivity index (χ4v) is 5.02. The van der Waals surface area contributed by atoms with E-state index in [9.17, 15) is 0 Å².